The van der Waals surface area contributed by atoms with Gasteiger partial charge in [0.1, 0.15) is 18.1 Å². The fraction of sp³-hybridized carbons (Fsp3) is 0.250. The first kappa shape index (κ1) is 16.0. The Bertz CT molecular complexity index is 542. The number of rotatable bonds is 7. The van der Waals surface area contributed by atoms with Gasteiger partial charge in [-0.3, -0.25) is 0 Å². The first-order chi connectivity index (χ1) is 10.2. The van der Waals surface area contributed by atoms with E-state index in [2.05, 4.69) is 0 Å². The maximum absolute atomic E-state index is 9.93. The van der Waals surface area contributed by atoms with E-state index in [1.807, 2.05) is 24.3 Å². The molecule has 5 heteroatoms. The molecule has 2 rings (SSSR count). The first-order valence-electron chi connectivity index (χ1n) is 6.50. The Morgan fingerprint density at radius 3 is 2.29 bits per heavy atom. The highest BCUT2D eigenvalue weighted by Crippen LogP contribution is 2.22. The van der Waals surface area contributed by atoms with Gasteiger partial charge in [0, 0.05) is 15.7 Å². The van der Waals surface area contributed by atoms with Crippen LogP contribution in [-0.2, 0) is 0 Å². The Labute approximate surface area is 133 Å². The molecule has 21 heavy (non-hydrogen) atoms. The maximum Gasteiger partial charge on any atom is 0.119 e. The van der Waals surface area contributed by atoms with E-state index < -0.39 is 6.10 Å². The lowest BCUT2D eigenvalue weighted by atomic mass is 10.3. The smallest absolute Gasteiger partial charge is 0.119 e. The predicted molar refractivity (Wildman–Crippen MR) is 86.7 cm³/mol. The molecule has 0 aliphatic carbocycles. The predicted octanol–water partition coefficient (Wildman–Crippen LogP) is 3.88. The van der Waals surface area contributed by atoms with E-state index in [1.165, 1.54) is 0 Å². The van der Waals surface area contributed by atoms with Crippen LogP contribution in [0.4, 0.5) is 0 Å². The summed E-state index contributed by atoms with van der Waals surface area (Å²) in [5.41, 5.74) is 0. The van der Waals surface area contributed by atoms with Crippen LogP contribution in [0.1, 0.15) is 0 Å². The summed E-state index contributed by atoms with van der Waals surface area (Å²) < 4.78 is 10.6. The van der Waals surface area contributed by atoms with Crippen molar-refractivity contribution in [2.75, 3.05) is 19.5 Å². The maximum atomic E-state index is 9.93. The summed E-state index contributed by atoms with van der Waals surface area (Å²) in [6, 6.07) is 14.8. The van der Waals surface area contributed by atoms with Gasteiger partial charge < -0.3 is 14.6 Å². The molecule has 0 bridgehead atoms. The average Bonchev–Trinajstić information content (AvgIpc) is 2.53. The van der Waals surface area contributed by atoms with Crippen molar-refractivity contribution in [3.05, 3.63) is 53.6 Å². The monoisotopic (exact) mass is 324 g/mol. The molecular formula is C16H17ClO3S. The molecular weight excluding hydrogens is 308 g/mol. The third-order valence-corrected chi connectivity index (χ3v) is 4.17. The minimum atomic E-state index is -0.534. The third kappa shape index (κ3) is 5.50. The van der Waals surface area contributed by atoms with Crippen molar-refractivity contribution >= 4 is 23.4 Å². The Morgan fingerprint density at radius 2 is 1.67 bits per heavy atom. The standard InChI is InChI=1S/C16H17ClO3S/c1-19-14-6-8-16(9-7-14)21-11-13(18)10-20-15-4-2-12(17)3-5-15/h2-9,13,18H,10-11H2,1H3. The Morgan fingerprint density at radius 1 is 1.05 bits per heavy atom. The lowest BCUT2D eigenvalue weighted by molar-refractivity contribution is 0.126. The minimum Gasteiger partial charge on any atom is -0.497 e. The molecule has 0 aliphatic heterocycles. The van der Waals surface area contributed by atoms with Gasteiger partial charge in [-0.2, -0.15) is 0 Å². The number of aliphatic hydroxyl groups excluding tert-OH is 1. The van der Waals surface area contributed by atoms with E-state index in [0.717, 1.165) is 10.6 Å². The van der Waals surface area contributed by atoms with Crippen molar-refractivity contribution in [2.24, 2.45) is 0 Å². The molecule has 0 heterocycles. The van der Waals surface area contributed by atoms with Crippen molar-refractivity contribution in [1.82, 2.24) is 0 Å². The Kier molecular flexibility index (Phi) is 6.23. The first-order valence-corrected chi connectivity index (χ1v) is 7.87. The fourth-order valence-electron chi connectivity index (χ4n) is 1.64. The van der Waals surface area contributed by atoms with E-state index in [-0.39, 0.29) is 6.61 Å². The second-order valence-electron chi connectivity index (χ2n) is 4.41. The quantitative estimate of drug-likeness (QED) is 0.784. The zero-order valence-electron chi connectivity index (χ0n) is 11.7. The molecule has 2 aromatic rings. The van der Waals surface area contributed by atoms with E-state index in [1.54, 1.807) is 43.1 Å². The van der Waals surface area contributed by atoms with E-state index >= 15 is 0 Å². The van der Waals surface area contributed by atoms with Crippen molar-refractivity contribution in [3.8, 4) is 11.5 Å². The number of benzene rings is 2. The minimum absolute atomic E-state index is 0.255. The molecule has 0 saturated carbocycles. The number of methoxy groups -OCH3 is 1. The number of thioether (sulfide) groups is 1. The molecule has 0 aromatic heterocycles. The molecule has 112 valence electrons. The summed E-state index contributed by atoms with van der Waals surface area (Å²) >= 11 is 7.37. The van der Waals surface area contributed by atoms with Crippen molar-refractivity contribution < 1.29 is 14.6 Å². The van der Waals surface area contributed by atoms with Crippen LogP contribution in [0.2, 0.25) is 5.02 Å². The molecule has 3 nitrogen and oxygen atoms in total. The summed E-state index contributed by atoms with van der Waals surface area (Å²) in [4.78, 5) is 1.08. The second-order valence-corrected chi connectivity index (χ2v) is 5.94. The summed E-state index contributed by atoms with van der Waals surface area (Å²) in [7, 11) is 1.64. The van der Waals surface area contributed by atoms with E-state index in [0.29, 0.717) is 16.5 Å². The Hall–Kier alpha value is -1.36. The molecule has 0 amide bonds. The topological polar surface area (TPSA) is 38.7 Å². The molecule has 0 fully saturated rings. The van der Waals surface area contributed by atoms with Gasteiger partial charge >= 0.3 is 0 Å². The third-order valence-electron chi connectivity index (χ3n) is 2.76. The highest BCUT2D eigenvalue weighted by atomic mass is 35.5. The fourth-order valence-corrected chi connectivity index (χ4v) is 2.57. The van der Waals surface area contributed by atoms with Crippen LogP contribution in [0.5, 0.6) is 11.5 Å². The van der Waals surface area contributed by atoms with Crippen LogP contribution in [0.15, 0.2) is 53.4 Å². The lowest BCUT2D eigenvalue weighted by Gasteiger charge is -2.12. The van der Waals surface area contributed by atoms with Gasteiger partial charge in [-0.15, -0.1) is 11.8 Å². The molecule has 0 saturated heterocycles. The SMILES string of the molecule is COc1ccc(SCC(O)COc2ccc(Cl)cc2)cc1. The van der Waals surface area contributed by atoms with Crippen molar-refractivity contribution in [3.63, 3.8) is 0 Å². The van der Waals surface area contributed by atoms with Crippen LogP contribution in [-0.4, -0.2) is 30.7 Å². The van der Waals surface area contributed by atoms with Crippen molar-refractivity contribution in [1.29, 1.82) is 0 Å². The van der Waals surface area contributed by atoms with E-state index in [4.69, 9.17) is 21.1 Å². The number of aliphatic hydroxyl groups is 1. The second kappa shape index (κ2) is 8.17. The largest absolute Gasteiger partial charge is 0.497 e. The highest BCUT2D eigenvalue weighted by molar-refractivity contribution is 7.99. The van der Waals surface area contributed by atoms with Gasteiger partial charge in [-0.25, -0.2) is 0 Å². The molecule has 0 aliphatic rings. The highest BCUT2D eigenvalue weighted by Gasteiger charge is 2.06. The van der Waals surface area contributed by atoms with Crippen LogP contribution >= 0.6 is 23.4 Å². The normalized spacial score (nSPS) is 12.0. The van der Waals surface area contributed by atoms with Gasteiger partial charge in [-0.1, -0.05) is 11.6 Å². The molecule has 1 N–H and O–H groups in total. The summed E-state index contributed by atoms with van der Waals surface area (Å²) in [5, 5.41) is 10.6. The van der Waals surface area contributed by atoms with Gasteiger partial charge in [0.15, 0.2) is 0 Å². The van der Waals surface area contributed by atoms with Crippen molar-refractivity contribution in [2.45, 2.75) is 11.0 Å². The van der Waals surface area contributed by atoms with Crippen LogP contribution in [0.25, 0.3) is 0 Å². The number of hydrogen-bond acceptors (Lipinski definition) is 4. The summed E-state index contributed by atoms with van der Waals surface area (Å²) in [5.74, 6) is 2.10. The molecule has 0 radical (unpaired) electrons. The van der Waals surface area contributed by atoms with E-state index in [9.17, 15) is 5.11 Å². The number of halogens is 1. The molecule has 1 atom stereocenters. The van der Waals surface area contributed by atoms with Gasteiger partial charge in [0.25, 0.3) is 0 Å². The Balaban J connectivity index is 1.73. The van der Waals surface area contributed by atoms with Gasteiger partial charge in [0.2, 0.25) is 0 Å². The summed E-state index contributed by atoms with van der Waals surface area (Å²) in [6.07, 6.45) is -0.534. The van der Waals surface area contributed by atoms with Gasteiger partial charge in [-0.05, 0) is 48.5 Å². The zero-order valence-corrected chi connectivity index (χ0v) is 13.2. The molecule has 1 unspecified atom stereocenters. The van der Waals surface area contributed by atoms with Crippen LogP contribution in [0.3, 0.4) is 0 Å². The van der Waals surface area contributed by atoms with Gasteiger partial charge in [0.05, 0.1) is 13.2 Å². The average molecular weight is 325 g/mol. The summed E-state index contributed by atoms with van der Waals surface area (Å²) in [6.45, 7) is 0.255. The van der Waals surface area contributed by atoms with Crippen LogP contribution in [0, 0.1) is 0 Å². The number of ether oxygens (including phenoxy) is 2. The van der Waals surface area contributed by atoms with Crippen LogP contribution < -0.4 is 9.47 Å². The molecule has 0 spiro atoms. The zero-order chi connectivity index (χ0) is 15.1. The lowest BCUT2D eigenvalue weighted by Crippen LogP contribution is -2.19. The number of hydrogen-bond donors (Lipinski definition) is 1. The molecule has 2 aromatic carbocycles.